The standard InChI is InChI=1S/C15H14FN3/c1-19(2)15-6-4-3-5-14(15)18-13-8-7-11(10-17)9-12(13)16/h3-9,18H,1-2H3. The van der Waals surface area contributed by atoms with Crippen LogP contribution in [0.3, 0.4) is 0 Å². The van der Waals surface area contributed by atoms with Crippen LogP contribution in [-0.2, 0) is 0 Å². The molecular weight excluding hydrogens is 241 g/mol. The van der Waals surface area contributed by atoms with Crippen LogP contribution in [0, 0.1) is 17.1 Å². The summed E-state index contributed by atoms with van der Waals surface area (Å²) in [7, 11) is 3.85. The summed E-state index contributed by atoms with van der Waals surface area (Å²) in [5.74, 6) is -0.437. The molecule has 1 N–H and O–H groups in total. The van der Waals surface area contributed by atoms with Gasteiger partial charge in [-0.3, -0.25) is 0 Å². The third kappa shape index (κ3) is 2.83. The maximum atomic E-state index is 13.8. The number of benzene rings is 2. The Balaban J connectivity index is 2.34. The number of anilines is 3. The minimum atomic E-state index is -0.437. The third-order valence-corrected chi connectivity index (χ3v) is 2.75. The molecule has 3 nitrogen and oxygen atoms in total. The van der Waals surface area contributed by atoms with Crippen molar-refractivity contribution in [3.05, 3.63) is 53.8 Å². The van der Waals surface area contributed by atoms with E-state index in [1.165, 1.54) is 6.07 Å². The molecule has 0 aliphatic heterocycles. The Morgan fingerprint density at radius 1 is 1.11 bits per heavy atom. The molecule has 0 amide bonds. The number of nitrogens with zero attached hydrogens (tertiary/aromatic N) is 2. The molecule has 0 saturated heterocycles. The molecule has 0 bridgehead atoms. The fourth-order valence-electron chi connectivity index (χ4n) is 1.80. The second-order valence-electron chi connectivity index (χ2n) is 4.34. The predicted octanol–water partition coefficient (Wildman–Crippen LogP) is 3.51. The lowest BCUT2D eigenvalue weighted by atomic mass is 10.2. The molecule has 19 heavy (non-hydrogen) atoms. The van der Waals surface area contributed by atoms with E-state index in [0.29, 0.717) is 11.3 Å². The molecule has 96 valence electrons. The normalized spacial score (nSPS) is 9.79. The Morgan fingerprint density at radius 3 is 2.47 bits per heavy atom. The van der Waals surface area contributed by atoms with Gasteiger partial charge in [0, 0.05) is 14.1 Å². The Kier molecular flexibility index (Phi) is 3.67. The van der Waals surface area contributed by atoms with Gasteiger partial charge in [-0.1, -0.05) is 12.1 Å². The van der Waals surface area contributed by atoms with E-state index >= 15 is 0 Å². The Bertz CT molecular complexity index is 630. The summed E-state index contributed by atoms with van der Waals surface area (Å²) >= 11 is 0. The van der Waals surface area contributed by atoms with Gasteiger partial charge in [0.1, 0.15) is 5.82 Å². The number of nitrogens with one attached hydrogen (secondary N) is 1. The van der Waals surface area contributed by atoms with E-state index in [0.717, 1.165) is 11.4 Å². The van der Waals surface area contributed by atoms with Crippen LogP contribution in [-0.4, -0.2) is 14.1 Å². The highest BCUT2D eigenvalue weighted by molar-refractivity contribution is 5.75. The maximum absolute atomic E-state index is 13.8. The zero-order valence-corrected chi connectivity index (χ0v) is 10.8. The molecule has 2 aromatic rings. The second kappa shape index (κ2) is 5.40. The number of hydrogen-bond donors (Lipinski definition) is 1. The predicted molar refractivity (Wildman–Crippen MR) is 75.2 cm³/mol. The smallest absolute Gasteiger partial charge is 0.147 e. The Morgan fingerprint density at radius 2 is 1.84 bits per heavy atom. The highest BCUT2D eigenvalue weighted by Gasteiger charge is 2.07. The Hall–Kier alpha value is -2.54. The van der Waals surface area contributed by atoms with Crippen LogP contribution < -0.4 is 10.2 Å². The molecule has 0 aromatic heterocycles. The highest BCUT2D eigenvalue weighted by Crippen LogP contribution is 2.28. The number of nitriles is 1. The van der Waals surface area contributed by atoms with Crippen LogP contribution in [0.1, 0.15) is 5.56 Å². The Labute approximate surface area is 111 Å². The summed E-state index contributed by atoms with van der Waals surface area (Å²) in [6.07, 6.45) is 0. The molecule has 0 fully saturated rings. The molecule has 4 heteroatoms. The van der Waals surface area contributed by atoms with Crippen molar-refractivity contribution in [3.63, 3.8) is 0 Å². The molecule has 0 radical (unpaired) electrons. The average Bonchev–Trinajstić information content (AvgIpc) is 2.41. The number of halogens is 1. The highest BCUT2D eigenvalue weighted by atomic mass is 19.1. The van der Waals surface area contributed by atoms with Crippen molar-refractivity contribution in [2.24, 2.45) is 0 Å². The SMILES string of the molecule is CN(C)c1ccccc1Nc1ccc(C#N)cc1F. The van der Waals surface area contributed by atoms with E-state index in [2.05, 4.69) is 5.32 Å². The van der Waals surface area contributed by atoms with Gasteiger partial charge < -0.3 is 10.2 Å². The van der Waals surface area contributed by atoms with Gasteiger partial charge in [0.25, 0.3) is 0 Å². The van der Waals surface area contributed by atoms with Gasteiger partial charge in [-0.2, -0.15) is 5.26 Å². The van der Waals surface area contributed by atoms with E-state index in [4.69, 9.17) is 5.26 Å². The van der Waals surface area contributed by atoms with Crippen molar-refractivity contribution in [2.45, 2.75) is 0 Å². The summed E-state index contributed by atoms with van der Waals surface area (Å²) < 4.78 is 13.8. The average molecular weight is 255 g/mol. The summed E-state index contributed by atoms with van der Waals surface area (Å²) in [6.45, 7) is 0. The second-order valence-corrected chi connectivity index (χ2v) is 4.34. The number of rotatable bonds is 3. The zero-order chi connectivity index (χ0) is 13.8. The van der Waals surface area contributed by atoms with Gasteiger partial charge in [-0.15, -0.1) is 0 Å². The quantitative estimate of drug-likeness (QED) is 0.912. The molecular formula is C15H14FN3. The molecule has 2 rings (SSSR count). The minimum absolute atomic E-state index is 0.309. The first-order valence-corrected chi connectivity index (χ1v) is 5.85. The van der Waals surface area contributed by atoms with Gasteiger partial charge in [-0.25, -0.2) is 4.39 Å². The third-order valence-electron chi connectivity index (χ3n) is 2.75. The minimum Gasteiger partial charge on any atom is -0.376 e. The van der Waals surface area contributed by atoms with E-state index in [9.17, 15) is 4.39 Å². The van der Waals surface area contributed by atoms with Crippen LogP contribution in [0.4, 0.5) is 21.5 Å². The molecule has 0 spiro atoms. The summed E-state index contributed by atoms with van der Waals surface area (Å²) in [4.78, 5) is 1.95. The van der Waals surface area contributed by atoms with Gasteiger partial charge in [-0.05, 0) is 30.3 Å². The van der Waals surface area contributed by atoms with Gasteiger partial charge >= 0.3 is 0 Å². The molecule has 2 aromatic carbocycles. The summed E-state index contributed by atoms with van der Waals surface area (Å²) in [6, 6.07) is 13.9. The fraction of sp³-hybridized carbons (Fsp3) is 0.133. The maximum Gasteiger partial charge on any atom is 0.147 e. The molecule has 0 unspecified atom stereocenters. The first-order chi connectivity index (χ1) is 9.11. The van der Waals surface area contributed by atoms with Crippen LogP contribution in [0.25, 0.3) is 0 Å². The summed E-state index contributed by atoms with van der Waals surface area (Å²) in [5, 5.41) is 11.8. The van der Waals surface area contributed by atoms with Crippen molar-refractivity contribution in [2.75, 3.05) is 24.3 Å². The van der Waals surface area contributed by atoms with Crippen LogP contribution >= 0.6 is 0 Å². The van der Waals surface area contributed by atoms with Crippen molar-refractivity contribution < 1.29 is 4.39 Å². The van der Waals surface area contributed by atoms with Gasteiger partial charge in [0.05, 0.1) is 28.7 Å². The van der Waals surface area contributed by atoms with E-state index in [-0.39, 0.29) is 0 Å². The lowest BCUT2D eigenvalue weighted by molar-refractivity contribution is 0.631. The molecule has 0 heterocycles. The van der Waals surface area contributed by atoms with Crippen molar-refractivity contribution in [1.29, 1.82) is 5.26 Å². The van der Waals surface area contributed by atoms with Crippen molar-refractivity contribution in [1.82, 2.24) is 0 Å². The van der Waals surface area contributed by atoms with Crippen molar-refractivity contribution in [3.8, 4) is 6.07 Å². The molecule has 0 saturated carbocycles. The first-order valence-electron chi connectivity index (χ1n) is 5.85. The summed E-state index contributed by atoms with van der Waals surface area (Å²) in [5.41, 5.74) is 2.44. The van der Waals surface area contributed by atoms with Gasteiger partial charge in [0.2, 0.25) is 0 Å². The number of para-hydroxylation sites is 2. The largest absolute Gasteiger partial charge is 0.376 e. The monoisotopic (exact) mass is 255 g/mol. The van der Waals surface area contributed by atoms with E-state index < -0.39 is 5.82 Å². The number of hydrogen-bond acceptors (Lipinski definition) is 3. The van der Waals surface area contributed by atoms with Crippen LogP contribution in [0.2, 0.25) is 0 Å². The van der Waals surface area contributed by atoms with E-state index in [1.54, 1.807) is 12.1 Å². The van der Waals surface area contributed by atoms with Crippen LogP contribution in [0.15, 0.2) is 42.5 Å². The van der Waals surface area contributed by atoms with Gasteiger partial charge in [0.15, 0.2) is 0 Å². The molecule has 0 aliphatic rings. The zero-order valence-electron chi connectivity index (χ0n) is 10.8. The first kappa shape index (κ1) is 12.9. The fourth-order valence-corrected chi connectivity index (χ4v) is 1.80. The topological polar surface area (TPSA) is 39.1 Å². The van der Waals surface area contributed by atoms with Crippen molar-refractivity contribution >= 4 is 17.1 Å². The molecule has 0 atom stereocenters. The lowest BCUT2D eigenvalue weighted by Crippen LogP contribution is -2.11. The molecule has 0 aliphatic carbocycles. The lowest BCUT2D eigenvalue weighted by Gasteiger charge is -2.18. The van der Waals surface area contributed by atoms with Crippen LogP contribution in [0.5, 0.6) is 0 Å². The van der Waals surface area contributed by atoms with E-state index in [1.807, 2.05) is 49.3 Å².